The van der Waals surface area contributed by atoms with Crippen molar-refractivity contribution in [2.45, 2.75) is 25.7 Å². The zero-order valence-corrected chi connectivity index (χ0v) is 13.1. The van der Waals surface area contributed by atoms with Crippen LogP contribution in [0.2, 0.25) is 0 Å². The Kier molecular flexibility index (Phi) is 6.29. The Labute approximate surface area is 132 Å². The van der Waals surface area contributed by atoms with Crippen LogP contribution in [0.15, 0.2) is 18.2 Å². The number of nitrogens with zero attached hydrogens (tertiary/aromatic N) is 1. The number of benzene rings is 1. The number of fused-ring (bicyclic) bond motifs is 1. The zero-order chi connectivity index (χ0) is 15.8. The lowest BCUT2D eigenvalue weighted by Gasteiger charge is -2.12. The topological polar surface area (TPSA) is 38.8 Å². The molecule has 1 aromatic carbocycles. The molecule has 0 unspecified atom stereocenters. The maximum Gasteiger partial charge on any atom is 0.203 e. The molecule has 0 fully saturated rings. The molecule has 0 N–H and O–H groups in total. The Hall–Kier alpha value is -1.99. The quantitative estimate of drug-likeness (QED) is 0.519. The number of rotatable bonds is 9. The van der Waals surface area contributed by atoms with Gasteiger partial charge in [0.15, 0.2) is 6.61 Å². The third-order valence-corrected chi connectivity index (χ3v) is 3.68. The van der Waals surface area contributed by atoms with Crippen molar-refractivity contribution in [2.75, 3.05) is 33.4 Å². The molecule has 1 aliphatic heterocycles. The largest absolute Gasteiger partial charge is 0.493 e. The van der Waals surface area contributed by atoms with Gasteiger partial charge in [-0.1, -0.05) is 18.8 Å². The van der Waals surface area contributed by atoms with Crippen molar-refractivity contribution >= 4 is 5.78 Å². The number of ether oxygens (including phenoxy) is 2. The molecule has 0 aliphatic carbocycles. The lowest BCUT2D eigenvalue weighted by atomic mass is 10.1. The zero-order valence-electron chi connectivity index (χ0n) is 13.1. The van der Waals surface area contributed by atoms with E-state index in [9.17, 15) is 4.79 Å². The number of Topliss-reactive ketones (excluding diaryl/α,β-unsaturated/α-hetero) is 1. The van der Waals surface area contributed by atoms with Crippen LogP contribution in [0.5, 0.6) is 11.5 Å². The predicted octanol–water partition coefficient (Wildman–Crippen LogP) is 2.77. The number of unbranched alkanes of at least 4 members (excludes halogenated alkanes) is 3. The van der Waals surface area contributed by atoms with Gasteiger partial charge in [0.25, 0.3) is 0 Å². The lowest BCUT2D eigenvalue weighted by molar-refractivity contribution is 0.0961. The summed E-state index contributed by atoms with van der Waals surface area (Å²) in [6.07, 6.45) is 9.77. The van der Waals surface area contributed by atoms with Gasteiger partial charge in [0.1, 0.15) is 11.5 Å². The monoisotopic (exact) mass is 301 g/mol. The van der Waals surface area contributed by atoms with Gasteiger partial charge in [0.05, 0.1) is 18.7 Å². The van der Waals surface area contributed by atoms with Crippen LogP contribution in [0, 0.1) is 12.3 Å². The molecule has 118 valence electrons. The van der Waals surface area contributed by atoms with Crippen molar-refractivity contribution in [3.63, 3.8) is 0 Å². The highest BCUT2D eigenvalue weighted by atomic mass is 16.5. The molecule has 4 heteroatoms. The van der Waals surface area contributed by atoms with E-state index in [-0.39, 0.29) is 12.4 Å². The Morgan fingerprint density at radius 2 is 2.14 bits per heavy atom. The number of carbonyl (C=O) groups excluding carboxylic acids is 1. The number of ketones is 1. The number of terminal acetylenes is 1. The summed E-state index contributed by atoms with van der Waals surface area (Å²) in [5, 5.41) is 0. The molecule has 0 atom stereocenters. The summed E-state index contributed by atoms with van der Waals surface area (Å²) in [5.74, 6) is 4.08. The fourth-order valence-corrected chi connectivity index (χ4v) is 2.43. The molecule has 0 spiro atoms. The first-order valence-electron chi connectivity index (χ1n) is 7.75. The van der Waals surface area contributed by atoms with Gasteiger partial charge in [0.2, 0.25) is 5.78 Å². The van der Waals surface area contributed by atoms with E-state index < -0.39 is 0 Å². The molecule has 0 amide bonds. The second-order valence-corrected chi connectivity index (χ2v) is 5.57. The summed E-state index contributed by atoms with van der Waals surface area (Å²) in [4.78, 5) is 13.6. The standard InChI is InChI=1S/C18H23NO3/c1-3-10-19(2)11-6-4-5-7-12-21-15-8-9-16-17(20)14-22-18(16)13-15/h1,8-9,13H,4-7,10-12,14H2,2H3. The minimum absolute atomic E-state index is 0.0383. The van der Waals surface area contributed by atoms with Gasteiger partial charge in [-0.05, 0) is 38.6 Å². The van der Waals surface area contributed by atoms with Gasteiger partial charge in [-0.2, -0.15) is 0 Å². The van der Waals surface area contributed by atoms with Gasteiger partial charge in [-0.3, -0.25) is 9.69 Å². The molecule has 0 radical (unpaired) electrons. The van der Waals surface area contributed by atoms with Gasteiger partial charge >= 0.3 is 0 Å². The number of hydrogen-bond acceptors (Lipinski definition) is 4. The van der Waals surface area contributed by atoms with Crippen molar-refractivity contribution in [2.24, 2.45) is 0 Å². The van der Waals surface area contributed by atoms with Crippen LogP contribution in [-0.4, -0.2) is 44.0 Å². The molecule has 1 aromatic rings. The summed E-state index contributed by atoms with van der Waals surface area (Å²) >= 11 is 0. The highest BCUT2D eigenvalue weighted by molar-refractivity contribution is 6.02. The van der Waals surface area contributed by atoms with Gasteiger partial charge in [0, 0.05) is 6.07 Å². The van der Waals surface area contributed by atoms with Crippen molar-refractivity contribution in [3.8, 4) is 23.8 Å². The molecule has 1 heterocycles. The normalized spacial score (nSPS) is 12.9. The van der Waals surface area contributed by atoms with E-state index in [1.54, 1.807) is 12.1 Å². The first-order chi connectivity index (χ1) is 10.7. The van der Waals surface area contributed by atoms with E-state index in [1.807, 2.05) is 13.1 Å². The average molecular weight is 301 g/mol. The van der Waals surface area contributed by atoms with Gasteiger partial charge < -0.3 is 9.47 Å². The molecule has 0 saturated heterocycles. The van der Waals surface area contributed by atoms with Gasteiger partial charge in [-0.25, -0.2) is 0 Å². The summed E-state index contributed by atoms with van der Waals surface area (Å²) in [6, 6.07) is 5.41. The highest BCUT2D eigenvalue weighted by Gasteiger charge is 2.21. The molecular formula is C18H23NO3. The van der Waals surface area contributed by atoms with Crippen LogP contribution in [0.1, 0.15) is 36.0 Å². The minimum atomic E-state index is 0.0383. The molecule has 0 bridgehead atoms. The Morgan fingerprint density at radius 3 is 2.95 bits per heavy atom. The Bertz CT molecular complexity index is 548. The molecule has 4 nitrogen and oxygen atoms in total. The van der Waals surface area contributed by atoms with Crippen molar-refractivity contribution in [1.29, 1.82) is 0 Å². The van der Waals surface area contributed by atoms with E-state index >= 15 is 0 Å². The first kappa shape index (κ1) is 16.4. The molecule has 1 aliphatic rings. The van der Waals surface area contributed by atoms with Crippen LogP contribution < -0.4 is 9.47 Å². The fourth-order valence-electron chi connectivity index (χ4n) is 2.43. The molecular weight excluding hydrogens is 278 g/mol. The fraction of sp³-hybridized carbons (Fsp3) is 0.500. The summed E-state index contributed by atoms with van der Waals surface area (Å²) in [5.41, 5.74) is 0.656. The second kappa shape index (κ2) is 8.45. The van der Waals surface area contributed by atoms with Crippen LogP contribution in [-0.2, 0) is 0 Å². The number of hydrogen-bond donors (Lipinski definition) is 0. The average Bonchev–Trinajstić information content (AvgIpc) is 2.87. The van der Waals surface area contributed by atoms with Crippen LogP contribution in [0.25, 0.3) is 0 Å². The summed E-state index contributed by atoms with van der Waals surface area (Å²) in [7, 11) is 2.05. The second-order valence-electron chi connectivity index (χ2n) is 5.57. The van der Waals surface area contributed by atoms with Crippen molar-refractivity contribution < 1.29 is 14.3 Å². The molecule has 0 saturated carbocycles. The van der Waals surface area contributed by atoms with E-state index in [0.717, 1.165) is 31.6 Å². The molecule has 2 rings (SSSR count). The van der Waals surface area contributed by atoms with E-state index in [2.05, 4.69) is 10.8 Å². The first-order valence-corrected chi connectivity index (χ1v) is 7.75. The van der Waals surface area contributed by atoms with E-state index in [0.29, 0.717) is 24.5 Å². The smallest absolute Gasteiger partial charge is 0.203 e. The van der Waals surface area contributed by atoms with Crippen LogP contribution >= 0.6 is 0 Å². The highest BCUT2D eigenvalue weighted by Crippen LogP contribution is 2.29. The third-order valence-electron chi connectivity index (χ3n) is 3.68. The molecule has 0 aromatic heterocycles. The minimum Gasteiger partial charge on any atom is -0.493 e. The Morgan fingerprint density at radius 1 is 1.32 bits per heavy atom. The van der Waals surface area contributed by atoms with Crippen LogP contribution in [0.4, 0.5) is 0 Å². The maximum absolute atomic E-state index is 11.4. The Balaban J connectivity index is 1.58. The van der Waals surface area contributed by atoms with E-state index in [4.69, 9.17) is 15.9 Å². The SMILES string of the molecule is C#CCN(C)CCCCCCOc1ccc2c(c1)OCC2=O. The van der Waals surface area contributed by atoms with Crippen molar-refractivity contribution in [3.05, 3.63) is 23.8 Å². The summed E-state index contributed by atoms with van der Waals surface area (Å²) in [6.45, 7) is 2.59. The van der Waals surface area contributed by atoms with Crippen molar-refractivity contribution in [1.82, 2.24) is 4.90 Å². The maximum atomic E-state index is 11.4. The lowest BCUT2D eigenvalue weighted by Crippen LogP contribution is -2.19. The van der Waals surface area contributed by atoms with Crippen LogP contribution in [0.3, 0.4) is 0 Å². The van der Waals surface area contributed by atoms with Gasteiger partial charge in [-0.15, -0.1) is 6.42 Å². The van der Waals surface area contributed by atoms with E-state index in [1.165, 1.54) is 6.42 Å². The predicted molar refractivity (Wildman–Crippen MR) is 86.6 cm³/mol. The molecule has 22 heavy (non-hydrogen) atoms. The summed E-state index contributed by atoms with van der Waals surface area (Å²) < 4.78 is 11.0. The number of carbonyl (C=O) groups is 1. The third kappa shape index (κ3) is 4.78.